The van der Waals surface area contributed by atoms with Crippen molar-refractivity contribution < 1.29 is 28.4 Å². The smallest absolute Gasteiger partial charge is 0.133 e. The van der Waals surface area contributed by atoms with Gasteiger partial charge in [-0.1, -0.05) is 46.2 Å². The third-order valence-electron chi connectivity index (χ3n) is 11.3. The average molecular weight is 793 g/mol. The lowest BCUT2D eigenvalue weighted by molar-refractivity contribution is 0.0277. The first-order chi connectivity index (χ1) is 28.5. The van der Waals surface area contributed by atoms with E-state index in [1.165, 1.54) is 43.2 Å². The maximum atomic E-state index is 6.56. The van der Waals surface area contributed by atoms with Crippen LogP contribution in [-0.4, -0.2) is 38.6 Å². The number of hydrogen-bond acceptors (Lipinski definition) is 6. The first-order valence-electron chi connectivity index (χ1n) is 22.8. The van der Waals surface area contributed by atoms with Crippen molar-refractivity contribution in [1.29, 1.82) is 0 Å². The molecule has 0 amide bonds. The van der Waals surface area contributed by atoms with Crippen LogP contribution in [0.5, 0.6) is 17.2 Å². The molecule has 2 aliphatic rings. The lowest BCUT2D eigenvalue weighted by atomic mass is 9.89. The molecule has 2 aliphatic carbocycles. The quantitative estimate of drug-likeness (QED) is 0.0495. The average Bonchev–Trinajstić information content (AvgIpc) is 4.02. The Morgan fingerprint density at radius 3 is 1.67 bits per heavy atom. The monoisotopic (exact) mass is 793 g/mol. The third kappa shape index (κ3) is 15.5. The van der Waals surface area contributed by atoms with Gasteiger partial charge in [-0.25, -0.2) is 0 Å². The van der Waals surface area contributed by atoms with E-state index in [9.17, 15) is 0 Å². The highest BCUT2D eigenvalue weighted by Gasteiger charge is 2.41. The minimum Gasteiger partial charge on any atom is -0.498 e. The first kappa shape index (κ1) is 44.9. The lowest BCUT2D eigenvalue weighted by Gasteiger charge is -2.23. The molecule has 0 aliphatic heterocycles. The molecule has 0 unspecified atom stereocenters. The highest BCUT2D eigenvalue weighted by Crippen LogP contribution is 2.42. The molecule has 3 aromatic carbocycles. The van der Waals surface area contributed by atoms with Gasteiger partial charge >= 0.3 is 0 Å². The summed E-state index contributed by atoms with van der Waals surface area (Å²) < 4.78 is 37.0. The molecule has 5 rings (SSSR count). The number of rotatable bonds is 30. The van der Waals surface area contributed by atoms with E-state index in [0.717, 1.165) is 156 Å². The van der Waals surface area contributed by atoms with Crippen molar-refractivity contribution in [1.82, 2.24) is 0 Å². The van der Waals surface area contributed by atoms with Crippen LogP contribution in [-0.2, 0) is 20.6 Å². The summed E-state index contributed by atoms with van der Waals surface area (Å²) in [4.78, 5) is 0. The molecule has 316 valence electrons. The topological polar surface area (TPSA) is 55.4 Å². The molecule has 0 N–H and O–H groups in total. The van der Waals surface area contributed by atoms with Gasteiger partial charge in [0.15, 0.2) is 0 Å². The predicted molar refractivity (Wildman–Crippen MR) is 239 cm³/mol. The largest absolute Gasteiger partial charge is 0.498 e. The van der Waals surface area contributed by atoms with E-state index in [4.69, 9.17) is 28.4 Å². The Bertz CT molecular complexity index is 1680. The number of hydrogen-bond donors (Lipinski definition) is 0. The second kappa shape index (κ2) is 25.4. The van der Waals surface area contributed by atoms with Gasteiger partial charge in [-0.2, -0.15) is 0 Å². The number of allylic oxidation sites excluding steroid dienone is 4. The predicted octanol–water partition coefficient (Wildman–Crippen LogP) is 14.2. The summed E-state index contributed by atoms with van der Waals surface area (Å²) in [5.41, 5.74) is 5.01. The normalized spacial score (nSPS) is 14.8. The maximum absolute atomic E-state index is 6.56. The summed E-state index contributed by atoms with van der Waals surface area (Å²) in [5.74, 6) is 5.70. The Kier molecular flexibility index (Phi) is 19.6. The van der Waals surface area contributed by atoms with Crippen molar-refractivity contribution in [3.05, 3.63) is 113 Å². The molecule has 0 bridgehead atoms. The van der Waals surface area contributed by atoms with Gasteiger partial charge in [0, 0.05) is 30.6 Å². The summed E-state index contributed by atoms with van der Waals surface area (Å²) in [6.07, 6.45) is 24.1. The second-order valence-electron chi connectivity index (χ2n) is 15.8. The van der Waals surface area contributed by atoms with Gasteiger partial charge in [-0.3, -0.25) is 0 Å². The first-order valence-corrected chi connectivity index (χ1v) is 22.8. The summed E-state index contributed by atoms with van der Waals surface area (Å²) >= 11 is 0. The van der Waals surface area contributed by atoms with Crippen molar-refractivity contribution in [2.75, 3.05) is 33.0 Å². The molecule has 2 saturated carbocycles. The Morgan fingerprint density at radius 2 is 1.14 bits per heavy atom. The zero-order valence-corrected chi connectivity index (χ0v) is 36.3. The Morgan fingerprint density at radius 1 is 0.569 bits per heavy atom. The Labute approximate surface area is 351 Å². The van der Waals surface area contributed by atoms with Gasteiger partial charge in [0.2, 0.25) is 0 Å². The second-order valence-corrected chi connectivity index (χ2v) is 15.8. The van der Waals surface area contributed by atoms with Gasteiger partial charge in [0.05, 0.1) is 37.8 Å². The minimum absolute atomic E-state index is 0.237. The SMILES string of the molecule is CC/C=C(\CC)OCCCCCCOc1ccc(C(Oc2ccc(CCO/C(=C/CC)c3ccc(OCCCCCCOC4(CC)CC4)cc3)cc2)=C2CCC2)cc1. The van der Waals surface area contributed by atoms with Crippen molar-refractivity contribution in [2.45, 2.75) is 149 Å². The zero-order chi connectivity index (χ0) is 40.7. The van der Waals surface area contributed by atoms with E-state index in [1.54, 1.807) is 0 Å². The van der Waals surface area contributed by atoms with Gasteiger partial charge in [-0.15, -0.1) is 0 Å². The van der Waals surface area contributed by atoms with Gasteiger partial charge in [0.25, 0.3) is 0 Å². The molecule has 0 heterocycles. The fourth-order valence-corrected chi connectivity index (χ4v) is 7.16. The summed E-state index contributed by atoms with van der Waals surface area (Å²) in [7, 11) is 0. The van der Waals surface area contributed by atoms with Crippen LogP contribution in [0.25, 0.3) is 11.5 Å². The zero-order valence-electron chi connectivity index (χ0n) is 36.3. The van der Waals surface area contributed by atoms with E-state index < -0.39 is 0 Å². The molecule has 58 heavy (non-hydrogen) atoms. The maximum Gasteiger partial charge on any atom is 0.133 e. The van der Waals surface area contributed by atoms with Crippen LogP contribution in [0.3, 0.4) is 0 Å². The van der Waals surface area contributed by atoms with Crippen LogP contribution < -0.4 is 14.2 Å². The van der Waals surface area contributed by atoms with E-state index in [2.05, 4.69) is 113 Å². The summed E-state index contributed by atoms with van der Waals surface area (Å²) in [5, 5.41) is 0. The lowest BCUT2D eigenvalue weighted by Crippen LogP contribution is -2.13. The molecule has 0 spiro atoms. The summed E-state index contributed by atoms with van der Waals surface area (Å²) in [6.45, 7) is 12.5. The van der Waals surface area contributed by atoms with Crippen molar-refractivity contribution in [3.63, 3.8) is 0 Å². The van der Waals surface area contributed by atoms with Crippen molar-refractivity contribution in [2.24, 2.45) is 0 Å². The molecule has 0 saturated heterocycles. The molecular weight excluding hydrogens is 721 g/mol. The van der Waals surface area contributed by atoms with Crippen LogP contribution in [0.1, 0.15) is 154 Å². The number of ether oxygens (including phenoxy) is 6. The third-order valence-corrected chi connectivity index (χ3v) is 11.3. The fraction of sp³-hybridized carbons (Fsp3) is 0.538. The fourth-order valence-electron chi connectivity index (χ4n) is 7.16. The highest BCUT2D eigenvalue weighted by molar-refractivity contribution is 5.67. The van der Waals surface area contributed by atoms with Crippen LogP contribution in [0.4, 0.5) is 0 Å². The van der Waals surface area contributed by atoms with Crippen molar-refractivity contribution in [3.8, 4) is 17.2 Å². The molecule has 0 radical (unpaired) electrons. The van der Waals surface area contributed by atoms with Crippen LogP contribution in [0.2, 0.25) is 0 Å². The molecular formula is C52H72O6. The molecule has 2 fully saturated rings. The van der Waals surface area contributed by atoms with Crippen LogP contribution in [0.15, 0.2) is 96.3 Å². The van der Waals surface area contributed by atoms with Gasteiger partial charge in [0.1, 0.15) is 28.8 Å². The number of benzene rings is 3. The van der Waals surface area contributed by atoms with E-state index >= 15 is 0 Å². The van der Waals surface area contributed by atoms with Gasteiger partial charge < -0.3 is 28.4 Å². The molecule has 0 aromatic heterocycles. The van der Waals surface area contributed by atoms with E-state index in [-0.39, 0.29) is 5.60 Å². The number of unbranched alkanes of at least 4 members (excludes halogenated alkanes) is 6. The summed E-state index contributed by atoms with van der Waals surface area (Å²) in [6, 6.07) is 25.2. The molecule has 0 atom stereocenters. The molecule has 6 heteroatoms. The van der Waals surface area contributed by atoms with Crippen molar-refractivity contribution >= 4 is 11.5 Å². The standard InChI is InChI=1S/C52H72O6/c1-5-18-46(7-3)53-37-13-9-10-14-38-55-48-32-26-45(27-33-48)51(44-20-17-21-44)58-49-28-22-42(23-29-49)34-41-56-50(19-6-2)43-24-30-47(31-25-43)54-39-15-11-12-16-40-57-52(8-4)35-36-52/h18-19,22-33H,5-17,20-21,34-41H2,1-4H3/b46-18+,50-19+. The molecule has 3 aromatic rings. The Hall–Kier alpha value is -4.16. The van der Waals surface area contributed by atoms with E-state index in [1.807, 2.05) is 0 Å². The van der Waals surface area contributed by atoms with E-state index in [0.29, 0.717) is 6.61 Å². The minimum atomic E-state index is 0.237. The Balaban J connectivity index is 0.989. The van der Waals surface area contributed by atoms with Gasteiger partial charge in [-0.05, 0) is 180 Å². The molecule has 6 nitrogen and oxygen atoms in total. The van der Waals surface area contributed by atoms with Crippen LogP contribution in [0, 0.1) is 0 Å². The van der Waals surface area contributed by atoms with Crippen LogP contribution >= 0.6 is 0 Å². The highest BCUT2D eigenvalue weighted by atomic mass is 16.5.